The first-order valence-electron chi connectivity index (χ1n) is 6.20. The molecule has 7 heteroatoms. The molecule has 0 saturated carbocycles. The average Bonchev–Trinajstić information content (AvgIpc) is 2.80. The Morgan fingerprint density at radius 1 is 1.19 bits per heavy atom. The van der Waals surface area contributed by atoms with Gasteiger partial charge in [0.25, 0.3) is 0 Å². The number of benzene rings is 1. The van der Waals surface area contributed by atoms with E-state index in [0.29, 0.717) is 15.7 Å². The Labute approximate surface area is 126 Å². The molecule has 21 heavy (non-hydrogen) atoms. The van der Waals surface area contributed by atoms with Gasteiger partial charge in [-0.3, -0.25) is 4.79 Å². The molecule has 0 unspecified atom stereocenters. The summed E-state index contributed by atoms with van der Waals surface area (Å²) in [7, 11) is 1.34. The third-order valence-corrected chi connectivity index (χ3v) is 3.68. The van der Waals surface area contributed by atoms with Gasteiger partial charge in [0, 0.05) is 18.3 Å². The van der Waals surface area contributed by atoms with E-state index in [0.717, 1.165) is 11.4 Å². The van der Waals surface area contributed by atoms with E-state index >= 15 is 0 Å². The minimum Gasteiger partial charge on any atom is -0.465 e. The smallest absolute Gasteiger partial charge is 0.350 e. The number of aryl methyl sites for hydroxylation is 1. The molecule has 1 heterocycles. The zero-order valence-electron chi connectivity index (χ0n) is 11.9. The van der Waals surface area contributed by atoms with Crippen molar-refractivity contribution < 1.29 is 14.3 Å². The van der Waals surface area contributed by atoms with E-state index in [2.05, 4.69) is 15.6 Å². The topological polar surface area (TPSA) is 80.3 Å². The lowest BCUT2D eigenvalue weighted by molar-refractivity contribution is -0.114. The number of hydrogen-bond acceptors (Lipinski definition) is 6. The van der Waals surface area contributed by atoms with Gasteiger partial charge in [0.1, 0.15) is 4.88 Å². The fourth-order valence-electron chi connectivity index (χ4n) is 1.70. The van der Waals surface area contributed by atoms with Crippen LogP contribution in [0.25, 0.3) is 0 Å². The summed E-state index contributed by atoms with van der Waals surface area (Å²) in [6.45, 7) is 3.21. The Balaban J connectivity index is 2.11. The van der Waals surface area contributed by atoms with Crippen LogP contribution in [0.1, 0.15) is 22.3 Å². The van der Waals surface area contributed by atoms with Gasteiger partial charge in [-0.1, -0.05) is 11.3 Å². The number of ether oxygens (including phenoxy) is 1. The molecule has 0 aliphatic rings. The monoisotopic (exact) mass is 305 g/mol. The van der Waals surface area contributed by atoms with Gasteiger partial charge in [-0.05, 0) is 31.2 Å². The molecule has 110 valence electrons. The first-order chi connectivity index (χ1) is 9.99. The first-order valence-corrected chi connectivity index (χ1v) is 7.01. The summed E-state index contributed by atoms with van der Waals surface area (Å²) in [4.78, 5) is 27.2. The van der Waals surface area contributed by atoms with Gasteiger partial charge in [-0.2, -0.15) is 0 Å². The number of esters is 1. The van der Waals surface area contributed by atoms with Gasteiger partial charge in [0.05, 0.1) is 12.8 Å². The van der Waals surface area contributed by atoms with Crippen LogP contribution in [-0.4, -0.2) is 24.0 Å². The van der Waals surface area contributed by atoms with Crippen molar-refractivity contribution in [3.05, 3.63) is 34.8 Å². The molecule has 6 nitrogen and oxygen atoms in total. The minimum atomic E-state index is -0.390. The number of amides is 1. The highest BCUT2D eigenvalue weighted by molar-refractivity contribution is 7.17. The second-order valence-electron chi connectivity index (χ2n) is 4.31. The molecule has 0 radical (unpaired) electrons. The fraction of sp³-hybridized carbons (Fsp3) is 0.214. The van der Waals surface area contributed by atoms with Crippen LogP contribution in [0.5, 0.6) is 0 Å². The number of aromatic nitrogens is 1. The van der Waals surface area contributed by atoms with Crippen molar-refractivity contribution in [3.8, 4) is 0 Å². The lowest BCUT2D eigenvalue weighted by Crippen LogP contribution is -2.05. The summed E-state index contributed by atoms with van der Waals surface area (Å²) < 4.78 is 4.70. The first kappa shape index (κ1) is 15.0. The Kier molecular flexibility index (Phi) is 4.54. The Morgan fingerprint density at radius 2 is 1.81 bits per heavy atom. The maximum Gasteiger partial charge on any atom is 0.350 e. The number of methoxy groups -OCH3 is 1. The Hall–Kier alpha value is -2.41. The number of rotatable bonds is 4. The van der Waals surface area contributed by atoms with Crippen LogP contribution in [0, 0.1) is 6.92 Å². The van der Waals surface area contributed by atoms with Crippen molar-refractivity contribution in [2.75, 3.05) is 17.7 Å². The Bertz CT molecular complexity index is 665. The number of hydrogen-bond donors (Lipinski definition) is 2. The third kappa shape index (κ3) is 3.79. The third-order valence-electron chi connectivity index (χ3n) is 2.62. The second kappa shape index (κ2) is 6.36. The summed E-state index contributed by atoms with van der Waals surface area (Å²) in [6.07, 6.45) is 0. The van der Waals surface area contributed by atoms with Crippen LogP contribution >= 0.6 is 11.3 Å². The van der Waals surface area contributed by atoms with Crippen LogP contribution in [0.4, 0.5) is 16.5 Å². The van der Waals surface area contributed by atoms with E-state index in [4.69, 9.17) is 4.74 Å². The standard InChI is InChI=1S/C14H15N3O3S/c1-8-12(13(19)20-3)21-14(15-8)17-11-6-4-10(5-7-11)16-9(2)18/h4-7H,1-3H3,(H,15,17)(H,16,18). The highest BCUT2D eigenvalue weighted by Gasteiger charge is 2.15. The number of nitrogens with zero attached hydrogens (tertiary/aromatic N) is 1. The molecule has 0 bridgehead atoms. The molecule has 0 atom stereocenters. The molecule has 0 aliphatic carbocycles. The largest absolute Gasteiger partial charge is 0.465 e. The molecular formula is C14H15N3O3S. The minimum absolute atomic E-state index is 0.117. The van der Waals surface area contributed by atoms with Crippen molar-refractivity contribution in [3.63, 3.8) is 0 Å². The average molecular weight is 305 g/mol. The molecular weight excluding hydrogens is 290 g/mol. The van der Waals surface area contributed by atoms with E-state index in [-0.39, 0.29) is 11.9 Å². The molecule has 2 aromatic rings. The fourth-order valence-corrected chi connectivity index (χ4v) is 2.60. The maximum absolute atomic E-state index is 11.5. The summed E-state index contributed by atoms with van der Waals surface area (Å²) in [5.74, 6) is -0.506. The van der Waals surface area contributed by atoms with E-state index in [1.165, 1.54) is 25.4 Å². The van der Waals surface area contributed by atoms with Crippen molar-refractivity contribution >= 4 is 39.7 Å². The van der Waals surface area contributed by atoms with Gasteiger partial charge in [-0.15, -0.1) is 0 Å². The normalized spacial score (nSPS) is 10.0. The van der Waals surface area contributed by atoms with Crippen LogP contribution in [0.2, 0.25) is 0 Å². The van der Waals surface area contributed by atoms with Gasteiger partial charge in [0.2, 0.25) is 5.91 Å². The molecule has 1 aromatic heterocycles. The zero-order chi connectivity index (χ0) is 15.4. The molecule has 1 amide bonds. The molecule has 1 aromatic carbocycles. The molecule has 0 saturated heterocycles. The highest BCUT2D eigenvalue weighted by atomic mass is 32.1. The number of carbonyl (C=O) groups excluding carboxylic acids is 2. The van der Waals surface area contributed by atoms with Crippen LogP contribution < -0.4 is 10.6 Å². The number of thiazole rings is 1. The lowest BCUT2D eigenvalue weighted by Gasteiger charge is -2.05. The van der Waals surface area contributed by atoms with Gasteiger partial charge >= 0.3 is 5.97 Å². The van der Waals surface area contributed by atoms with Crippen LogP contribution in [0.15, 0.2) is 24.3 Å². The molecule has 2 N–H and O–H groups in total. The summed E-state index contributed by atoms with van der Waals surface area (Å²) in [6, 6.07) is 7.20. The van der Waals surface area contributed by atoms with Crippen LogP contribution in [-0.2, 0) is 9.53 Å². The van der Waals surface area contributed by atoms with Gasteiger partial charge in [0.15, 0.2) is 5.13 Å². The van der Waals surface area contributed by atoms with Gasteiger partial charge in [-0.25, -0.2) is 9.78 Å². The summed E-state index contributed by atoms with van der Waals surface area (Å²) in [5, 5.41) is 6.41. The van der Waals surface area contributed by atoms with Crippen molar-refractivity contribution in [1.82, 2.24) is 4.98 Å². The SMILES string of the molecule is COC(=O)c1sc(Nc2ccc(NC(C)=O)cc2)nc1C. The van der Waals surface area contributed by atoms with E-state index in [1.807, 2.05) is 12.1 Å². The van der Waals surface area contributed by atoms with E-state index in [1.54, 1.807) is 19.1 Å². The van der Waals surface area contributed by atoms with Crippen molar-refractivity contribution in [2.24, 2.45) is 0 Å². The summed E-state index contributed by atoms with van der Waals surface area (Å²) >= 11 is 1.24. The summed E-state index contributed by atoms with van der Waals surface area (Å²) in [5.41, 5.74) is 2.16. The number of anilines is 3. The predicted molar refractivity (Wildman–Crippen MR) is 82.2 cm³/mol. The molecule has 0 aliphatic heterocycles. The van der Waals surface area contributed by atoms with E-state index < -0.39 is 0 Å². The van der Waals surface area contributed by atoms with Crippen LogP contribution in [0.3, 0.4) is 0 Å². The molecule has 0 fully saturated rings. The van der Waals surface area contributed by atoms with Crippen molar-refractivity contribution in [2.45, 2.75) is 13.8 Å². The number of carbonyl (C=O) groups is 2. The maximum atomic E-state index is 11.5. The van der Waals surface area contributed by atoms with E-state index in [9.17, 15) is 9.59 Å². The van der Waals surface area contributed by atoms with Crippen molar-refractivity contribution in [1.29, 1.82) is 0 Å². The Morgan fingerprint density at radius 3 is 2.38 bits per heavy atom. The second-order valence-corrected chi connectivity index (χ2v) is 5.31. The predicted octanol–water partition coefficient (Wildman–Crippen LogP) is 2.94. The molecule has 0 spiro atoms. The van der Waals surface area contributed by atoms with Gasteiger partial charge < -0.3 is 15.4 Å². The lowest BCUT2D eigenvalue weighted by atomic mass is 10.3. The number of nitrogens with one attached hydrogen (secondary N) is 2. The molecule has 2 rings (SSSR count). The highest BCUT2D eigenvalue weighted by Crippen LogP contribution is 2.26. The zero-order valence-corrected chi connectivity index (χ0v) is 12.7. The quantitative estimate of drug-likeness (QED) is 0.849.